The van der Waals surface area contributed by atoms with Crippen molar-refractivity contribution < 1.29 is 13.9 Å². The van der Waals surface area contributed by atoms with E-state index in [1.165, 1.54) is 12.1 Å². The van der Waals surface area contributed by atoms with Crippen LogP contribution in [0.5, 0.6) is 11.5 Å². The van der Waals surface area contributed by atoms with Crippen LogP contribution in [-0.4, -0.2) is 16.7 Å². The van der Waals surface area contributed by atoms with Crippen LogP contribution in [0, 0.1) is 19.7 Å². The molecule has 0 aliphatic rings. The van der Waals surface area contributed by atoms with E-state index in [9.17, 15) is 4.39 Å². The van der Waals surface area contributed by atoms with E-state index in [0.29, 0.717) is 13.2 Å². The zero-order valence-corrected chi connectivity index (χ0v) is 16.8. The Kier molecular flexibility index (Phi) is 5.21. The predicted molar refractivity (Wildman–Crippen MR) is 112 cm³/mol. The number of halogens is 1. The molecule has 4 aromatic rings. The second-order valence-electron chi connectivity index (χ2n) is 7.07. The van der Waals surface area contributed by atoms with Crippen molar-refractivity contribution >= 4 is 11.0 Å². The second kappa shape index (κ2) is 7.95. The van der Waals surface area contributed by atoms with Crippen LogP contribution in [0.15, 0.2) is 60.8 Å². The maximum atomic E-state index is 13.2. The highest BCUT2D eigenvalue weighted by Gasteiger charge is 2.17. The van der Waals surface area contributed by atoms with Gasteiger partial charge in [-0.25, -0.2) is 4.39 Å². The van der Waals surface area contributed by atoms with Gasteiger partial charge in [0.25, 0.3) is 0 Å². The second-order valence-corrected chi connectivity index (χ2v) is 7.07. The van der Waals surface area contributed by atoms with Crippen LogP contribution in [0.1, 0.15) is 22.4 Å². The molecule has 0 atom stereocenters. The molecule has 0 amide bonds. The van der Waals surface area contributed by atoms with Crippen molar-refractivity contribution in [1.29, 1.82) is 0 Å². The van der Waals surface area contributed by atoms with E-state index in [1.807, 2.05) is 24.3 Å². The number of aryl methyl sites for hydroxylation is 1. The number of nitrogens with zero attached hydrogens (tertiary/aromatic N) is 2. The lowest BCUT2D eigenvalue weighted by molar-refractivity contribution is 0.308. The smallest absolute Gasteiger partial charge is 0.147 e. The van der Waals surface area contributed by atoms with E-state index < -0.39 is 0 Å². The monoisotopic (exact) mass is 390 g/mol. The quantitative estimate of drug-likeness (QED) is 0.441. The molecule has 0 aliphatic carbocycles. The van der Waals surface area contributed by atoms with Gasteiger partial charge in [0.05, 0.1) is 12.6 Å². The lowest BCUT2D eigenvalue weighted by atomic mass is 10.2. The normalized spacial score (nSPS) is 11.0. The van der Waals surface area contributed by atoms with Gasteiger partial charge in [0, 0.05) is 24.5 Å². The summed E-state index contributed by atoms with van der Waals surface area (Å²) in [4.78, 5) is 4.59. The fourth-order valence-electron chi connectivity index (χ4n) is 3.52. The number of rotatable bonds is 6. The number of pyridine rings is 1. The zero-order chi connectivity index (χ0) is 20.4. The molecule has 148 valence electrons. The van der Waals surface area contributed by atoms with Gasteiger partial charge in [-0.1, -0.05) is 24.3 Å². The molecule has 5 heteroatoms. The van der Waals surface area contributed by atoms with Gasteiger partial charge in [0.15, 0.2) is 0 Å². The number of hydrogen-bond donors (Lipinski definition) is 0. The Bertz CT molecular complexity index is 1150. The summed E-state index contributed by atoms with van der Waals surface area (Å²) in [6, 6.07) is 16.3. The number of ether oxygens (including phenoxy) is 2. The molecule has 0 N–H and O–H groups in total. The lowest BCUT2D eigenvalue weighted by Gasteiger charge is -2.13. The molecule has 0 saturated heterocycles. The summed E-state index contributed by atoms with van der Waals surface area (Å²) in [7, 11) is 1.67. The highest BCUT2D eigenvalue weighted by molar-refractivity contribution is 5.86. The molecule has 0 spiro atoms. The van der Waals surface area contributed by atoms with Crippen molar-refractivity contribution in [2.75, 3.05) is 7.11 Å². The van der Waals surface area contributed by atoms with Crippen LogP contribution in [0.25, 0.3) is 11.0 Å². The molecule has 0 fully saturated rings. The fourth-order valence-corrected chi connectivity index (χ4v) is 3.52. The molecular formula is C24H23FN2O2. The first-order chi connectivity index (χ1) is 14.1. The lowest BCUT2D eigenvalue weighted by Crippen LogP contribution is -2.04. The van der Waals surface area contributed by atoms with Crippen molar-refractivity contribution in [2.45, 2.75) is 27.0 Å². The molecule has 0 aliphatic heterocycles. The van der Waals surface area contributed by atoms with Gasteiger partial charge in [0.2, 0.25) is 0 Å². The summed E-state index contributed by atoms with van der Waals surface area (Å²) in [5, 5.41) is 0. The van der Waals surface area contributed by atoms with Crippen LogP contribution in [-0.2, 0) is 13.2 Å². The summed E-state index contributed by atoms with van der Waals surface area (Å²) in [6.07, 6.45) is 1.77. The fraction of sp³-hybridized carbons (Fsp3) is 0.208. The highest BCUT2D eigenvalue weighted by Crippen LogP contribution is 2.32. The van der Waals surface area contributed by atoms with Crippen LogP contribution in [0.2, 0.25) is 0 Å². The minimum atomic E-state index is -0.251. The number of methoxy groups -OCH3 is 1. The van der Waals surface area contributed by atoms with Crippen molar-refractivity contribution in [2.24, 2.45) is 0 Å². The zero-order valence-electron chi connectivity index (χ0n) is 16.8. The Morgan fingerprint density at radius 3 is 2.55 bits per heavy atom. The van der Waals surface area contributed by atoms with E-state index in [1.54, 1.807) is 25.4 Å². The molecule has 4 nitrogen and oxygen atoms in total. The summed E-state index contributed by atoms with van der Waals surface area (Å²) < 4.78 is 26.9. The Labute approximate surface area is 169 Å². The number of fused-ring (bicyclic) bond motifs is 1. The van der Waals surface area contributed by atoms with Gasteiger partial charge >= 0.3 is 0 Å². The van der Waals surface area contributed by atoms with Crippen molar-refractivity contribution in [3.05, 3.63) is 89.0 Å². The maximum absolute atomic E-state index is 13.2. The van der Waals surface area contributed by atoms with Crippen molar-refractivity contribution in [1.82, 2.24) is 9.55 Å². The van der Waals surface area contributed by atoms with Crippen LogP contribution < -0.4 is 9.47 Å². The third-order valence-corrected chi connectivity index (χ3v) is 5.24. The highest BCUT2D eigenvalue weighted by atomic mass is 19.1. The molecule has 0 bridgehead atoms. The van der Waals surface area contributed by atoms with Gasteiger partial charge in [-0.15, -0.1) is 0 Å². The third kappa shape index (κ3) is 3.81. The van der Waals surface area contributed by atoms with Gasteiger partial charge in [-0.2, -0.15) is 0 Å². The summed E-state index contributed by atoms with van der Waals surface area (Å²) in [6.45, 7) is 5.23. The molecule has 0 radical (unpaired) electrons. The van der Waals surface area contributed by atoms with E-state index in [-0.39, 0.29) is 5.82 Å². The Morgan fingerprint density at radius 1 is 1.00 bits per heavy atom. The maximum Gasteiger partial charge on any atom is 0.147 e. The first-order valence-corrected chi connectivity index (χ1v) is 9.51. The number of hydrogen-bond acceptors (Lipinski definition) is 3. The summed E-state index contributed by atoms with van der Waals surface area (Å²) in [5.41, 5.74) is 6.23. The molecule has 0 saturated carbocycles. The van der Waals surface area contributed by atoms with E-state index in [4.69, 9.17) is 9.47 Å². The molecular weight excluding hydrogens is 367 g/mol. The minimum absolute atomic E-state index is 0.251. The van der Waals surface area contributed by atoms with E-state index >= 15 is 0 Å². The largest absolute Gasteiger partial charge is 0.497 e. The van der Waals surface area contributed by atoms with Gasteiger partial charge in [-0.3, -0.25) is 4.98 Å². The molecule has 0 unspecified atom stereocenters. The predicted octanol–water partition coefficient (Wildman–Crippen LogP) is 5.43. The Morgan fingerprint density at radius 2 is 1.79 bits per heavy atom. The first kappa shape index (κ1) is 19.0. The van der Waals surface area contributed by atoms with E-state index in [2.05, 4.69) is 29.5 Å². The average Bonchev–Trinajstić information content (AvgIpc) is 2.99. The molecule has 2 heterocycles. The van der Waals surface area contributed by atoms with Crippen LogP contribution in [0.3, 0.4) is 0 Å². The molecule has 2 aromatic heterocycles. The topological polar surface area (TPSA) is 36.3 Å². The average molecular weight is 390 g/mol. The molecule has 2 aromatic carbocycles. The van der Waals surface area contributed by atoms with Gasteiger partial charge < -0.3 is 14.0 Å². The Hall–Kier alpha value is -3.34. The first-order valence-electron chi connectivity index (χ1n) is 9.51. The SMILES string of the molecule is COc1cccc(Cn2c(C)c(C)c3nccc(OCc4ccc(F)cc4)c32)c1. The number of benzene rings is 2. The standard InChI is InChI=1S/C24H23FN2O2/c1-16-17(2)27(14-19-5-4-6-21(13-19)28-3)24-22(11-12-26-23(16)24)29-15-18-7-9-20(25)10-8-18/h4-13H,14-15H2,1-3H3. The third-order valence-electron chi connectivity index (χ3n) is 5.24. The minimum Gasteiger partial charge on any atom is -0.497 e. The summed E-state index contributed by atoms with van der Waals surface area (Å²) in [5.74, 6) is 1.34. The van der Waals surface area contributed by atoms with Gasteiger partial charge in [-0.05, 0) is 54.8 Å². The van der Waals surface area contributed by atoms with Crippen LogP contribution >= 0.6 is 0 Å². The summed E-state index contributed by atoms with van der Waals surface area (Å²) >= 11 is 0. The van der Waals surface area contributed by atoms with Crippen LogP contribution in [0.4, 0.5) is 4.39 Å². The van der Waals surface area contributed by atoms with Gasteiger partial charge in [0.1, 0.15) is 29.4 Å². The molecule has 4 rings (SSSR count). The van der Waals surface area contributed by atoms with Crippen molar-refractivity contribution in [3.8, 4) is 11.5 Å². The Balaban J connectivity index is 1.71. The number of aromatic nitrogens is 2. The molecule has 29 heavy (non-hydrogen) atoms. The van der Waals surface area contributed by atoms with E-state index in [0.717, 1.165) is 44.9 Å². The van der Waals surface area contributed by atoms with Crippen molar-refractivity contribution in [3.63, 3.8) is 0 Å².